The van der Waals surface area contributed by atoms with Crippen molar-refractivity contribution in [3.63, 3.8) is 0 Å². The van der Waals surface area contributed by atoms with Crippen LogP contribution in [-0.2, 0) is 13.5 Å². The van der Waals surface area contributed by atoms with Crippen molar-refractivity contribution >= 4 is 17.9 Å². The summed E-state index contributed by atoms with van der Waals surface area (Å²) in [6.45, 7) is 4.18. The van der Waals surface area contributed by atoms with Gasteiger partial charge in [0.2, 0.25) is 0 Å². The smallest absolute Gasteiger partial charge is 0.183 e. The summed E-state index contributed by atoms with van der Waals surface area (Å²) < 4.78 is 1.87. The molecule has 0 fully saturated rings. The molecule has 3 aromatic rings. The van der Waals surface area contributed by atoms with Crippen molar-refractivity contribution in [2.24, 2.45) is 7.05 Å². The van der Waals surface area contributed by atoms with E-state index < -0.39 is 0 Å². The lowest BCUT2D eigenvalue weighted by atomic mass is 9.99. The van der Waals surface area contributed by atoms with Crippen LogP contribution in [0, 0.1) is 13.8 Å². The largest absolute Gasteiger partial charge is 0.348 e. The minimum atomic E-state index is 0.152. The first-order valence-electron chi connectivity index (χ1n) is 8.52. The molecule has 3 rings (SSSR count). The molecule has 0 bridgehead atoms. The summed E-state index contributed by atoms with van der Waals surface area (Å²) in [4.78, 5) is 12.4. The van der Waals surface area contributed by atoms with Gasteiger partial charge in [-0.25, -0.2) is 0 Å². The molecular formula is C23H23NO. The van der Waals surface area contributed by atoms with E-state index in [1.54, 1.807) is 0 Å². The second-order valence-electron chi connectivity index (χ2n) is 6.48. The number of benzene rings is 2. The zero-order valence-electron chi connectivity index (χ0n) is 15.0. The van der Waals surface area contributed by atoms with Gasteiger partial charge < -0.3 is 4.57 Å². The van der Waals surface area contributed by atoms with Crippen LogP contribution in [-0.4, -0.2) is 10.4 Å². The van der Waals surface area contributed by atoms with Crippen LogP contribution in [0.15, 0.2) is 60.8 Å². The summed E-state index contributed by atoms with van der Waals surface area (Å²) in [6, 6.07) is 18.4. The van der Waals surface area contributed by atoms with Gasteiger partial charge in [0.15, 0.2) is 5.78 Å². The average Bonchev–Trinajstić information content (AvgIpc) is 3.02. The van der Waals surface area contributed by atoms with Gasteiger partial charge in [-0.2, -0.15) is 0 Å². The highest BCUT2D eigenvalue weighted by molar-refractivity contribution is 5.96. The maximum absolute atomic E-state index is 12.4. The Morgan fingerprint density at radius 2 is 1.76 bits per heavy atom. The Bertz CT molecular complexity index is 931. The number of ketones is 1. The van der Waals surface area contributed by atoms with E-state index >= 15 is 0 Å². The Labute approximate surface area is 149 Å². The lowest BCUT2D eigenvalue weighted by Gasteiger charge is -2.07. The maximum atomic E-state index is 12.4. The summed E-state index contributed by atoms with van der Waals surface area (Å²) in [5.41, 5.74) is 6.62. The molecule has 0 saturated heterocycles. The second-order valence-corrected chi connectivity index (χ2v) is 6.48. The molecule has 0 unspecified atom stereocenters. The van der Waals surface area contributed by atoms with Crippen LogP contribution in [0.1, 0.15) is 38.3 Å². The van der Waals surface area contributed by atoms with Gasteiger partial charge in [0.25, 0.3) is 0 Å². The van der Waals surface area contributed by atoms with Gasteiger partial charge in [-0.3, -0.25) is 4.79 Å². The minimum Gasteiger partial charge on any atom is -0.348 e. The standard InChI is InChI=1S/C23H23NO/c1-17-7-4-5-8-20(17)12-10-19-11-13-21(18(2)15-19)16-23(25)22-9-6-14-24(22)3/h4-15H,16H2,1-3H3/b12-10+. The number of Topliss-reactive ketones (excluding diaryl/α,β-unsaturated/α-hetero) is 1. The van der Waals surface area contributed by atoms with Crippen molar-refractivity contribution in [2.75, 3.05) is 0 Å². The highest BCUT2D eigenvalue weighted by Crippen LogP contribution is 2.17. The molecule has 0 aliphatic rings. The summed E-state index contributed by atoms with van der Waals surface area (Å²) in [5, 5.41) is 0. The summed E-state index contributed by atoms with van der Waals surface area (Å²) in [5.74, 6) is 0.152. The van der Waals surface area contributed by atoms with Gasteiger partial charge in [-0.1, -0.05) is 54.6 Å². The molecule has 0 N–H and O–H groups in total. The van der Waals surface area contributed by atoms with Crippen LogP contribution in [0.3, 0.4) is 0 Å². The Kier molecular flexibility index (Phi) is 4.99. The molecule has 0 saturated carbocycles. The van der Waals surface area contributed by atoms with Crippen LogP contribution >= 0.6 is 0 Å². The fourth-order valence-corrected chi connectivity index (χ4v) is 3.00. The topological polar surface area (TPSA) is 22.0 Å². The second kappa shape index (κ2) is 7.35. The number of rotatable bonds is 5. The van der Waals surface area contributed by atoms with Crippen LogP contribution in [0.2, 0.25) is 0 Å². The minimum absolute atomic E-state index is 0.152. The first-order valence-corrected chi connectivity index (χ1v) is 8.52. The summed E-state index contributed by atoms with van der Waals surface area (Å²) >= 11 is 0. The third-order valence-corrected chi connectivity index (χ3v) is 4.59. The van der Waals surface area contributed by atoms with Crippen molar-refractivity contribution in [3.05, 3.63) is 94.3 Å². The highest BCUT2D eigenvalue weighted by atomic mass is 16.1. The Morgan fingerprint density at radius 1 is 0.960 bits per heavy atom. The first kappa shape index (κ1) is 17.0. The number of aromatic nitrogens is 1. The van der Waals surface area contributed by atoms with Crippen molar-refractivity contribution in [3.8, 4) is 0 Å². The van der Waals surface area contributed by atoms with Gasteiger partial charge in [0.05, 0.1) is 5.69 Å². The maximum Gasteiger partial charge on any atom is 0.183 e. The highest BCUT2D eigenvalue weighted by Gasteiger charge is 2.11. The molecule has 1 heterocycles. The molecule has 2 aromatic carbocycles. The van der Waals surface area contributed by atoms with E-state index in [-0.39, 0.29) is 5.78 Å². The van der Waals surface area contributed by atoms with Gasteiger partial charge in [0.1, 0.15) is 0 Å². The molecule has 1 aromatic heterocycles. The van der Waals surface area contributed by atoms with E-state index in [9.17, 15) is 4.79 Å². The number of nitrogens with zero attached hydrogens (tertiary/aromatic N) is 1. The Morgan fingerprint density at radius 3 is 2.44 bits per heavy atom. The molecule has 0 radical (unpaired) electrons. The molecule has 0 amide bonds. The third-order valence-electron chi connectivity index (χ3n) is 4.59. The van der Waals surface area contributed by atoms with E-state index in [0.717, 1.165) is 22.4 Å². The lowest BCUT2D eigenvalue weighted by molar-refractivity contribution is 0.0985. The van der Waals surface area contributed by atoms with Crippen LogP contribution in [0.5, 0.6) is 0 Å². The van der Waals surface area contributed by atoms with Crippen molar-refractivity contribution < 1.29 is 4.79 Å². The fourth-order valence-electron chi connectivity index (χ4n) is 3.00. The van der Waals surface area contributed by atoms with Crippen molar-refractivity contribution in [1.29, 1.82) is 0 Å². The fraction of sp³-hybridized carbons (Fsp3) is 0.174. The van der Waals surface area contributed by atoms with Crippen molar-refractivity contribution in [2.45, 2.75) is 20.3 Å². The Hall–Kier alpha value is -2.87. The van der Waals surface area contributed by atoms with Crippen LogP contribution in [0.25, 0.3) is 12.2 Å². The number of hydrogen-bond donors (Lipinski definition) is 0. The van der Waals surface area contributed by atoms with Crippen LogP contribution in [0.4, 0.5) is 0 Å². The zero-order valence-corrected chi connectivity index (χ0v) is 15.0. The summed E-state index contributed by atoms with van der Waals surface area (Å²) in [6.07, 6.45) is 6.60. The average molecular weight is 329 g/mol. The van der Waals surface area contributed by atoms with Crippen molar-refractivity contribution in [1.82, 2.24) is 4.57 Å². The SMILES string of the molecule is Cc1ccccc1/C=C/c1ccc(CC(=O)c2cccn2C)c(C)c1. The van der Waals surface area contributed by atoms with E-state index in [0.29, 0.717) is 6.42 Å². The quantitative estimate of drug-likeness (QED) is 0.463. The van der Waals surface area contributed by atoms with E-state index in [1.807, 2.05) is 29.9 Å². The normalized spacial score (nSPS) is 11.2. The van der Waals surface area contributed by atoms with Gasteiger partial charge in [0, 0.05) is 19.7 Å². The molecule has 0 aliphatic heterocycles. The number of hydrogen-bond acceptors (Lipinski definition) is 1. The monoisotopic (exact) mass is 329 g/mol. The Balaban J connectivity index is 1.76. The number of carbonyl (C=O) groups excluding carboxylic acids is 1. The molecule has 25 heavy (non-hydrogen) atoms. The molecule has 126 valence electrons. The predicted octanol–water partition coefficient (Wildman–Crippen LogP) is 5.24. The van der Waals surface area contributed by atoms with E-state index in [1.165, 1.54) is 11.1 Å². The summed E-state index contributed by atoms with van der Waals surface area (Å²) in [7, 11) is 1.90. The van der Waals surface area contributed by atoms with Gasteiger partial charge in [-0.05, 0) is 53.8 Å². The molecule has 0 atom stereocenters. The lowest BCUT2D eigenvalue weighted by Crippen LogP contribution is -2.09. The molecule has 2 heteroatoms. The number of carbonyl (C=O) groups is 1. The molecule has 0 spiro atoms. The zero-order chi connectivity index (χ0) is 17.8. The van der Waals surface area contributed by atoms with E-state index in [4.69, 9.17) is 0 Å². The van der Waals surface area contributed by atoms with E-state index in [2.05, 4.69) is 68.5 Å². The number of aryl methyl sites for hydroxylation is 3. The molecule has 0 aliphatic carbocycles. The molecular weight excluding hydrogens is 306 g/mol. The predicted molar refractivity (Wildman–Crippen MR) is 105 cm³/mol. The van der Waals surface area contributed by atoms with Crippen LogP contribution < -0.4 is 0 Å². The van der Waals surface area contributed by atoms with Gasteiger partial charge in [-0.15, -0.1) is 0 Å². The van der Waals surface area contributed by atoms with Gasteiger partial charge >= 0.3 is 0 Å². The first-order chi connectivity index (χ1) is 12.0. The third kappa shape index (κ3) is 3.97. The molecule has 2 nitrogen and oxygen atoms in total.